The lowest BCUT2D eigenvalue weighted by molar-refractivity contribution is 0.0602. The Bertz CT molecular complexity index is 537. The second kappa shape index (κ2) is 3.63. The van der Waals surface area contributed by atoms with E-state index in [2.05, 4.69) is 4.74 Å². The van der Waals surface area contributed by atoms with Gasteiger partial charge >= 0.3 is 11.9 Å². The molecule has 0 aromatic carbocycles. The van der Waals surface area contributed by atoms with E-state index in [0.29, 0.717) is 10.9 Å². The fraction of sp³-hybridized carbons (Fsp3) is 0.111. The molecule has 0 fully saturated rings. The van der Waals surface area contributed by atoms with E-state index in [4.69, 9.17) is 5.11 Å². The summed E-state index contributed by atoms with van der Waals surface area (Å²) in [6, 6.07) is 1.51. The molecule has 0 aliphatic heterocycles. The number of carbonyl (C=O) groups is 2. The molecule has 2 aromatic rings. The first-order valence-corrected chi connectivity index (χ1v) is 5.65. The summed E-state index contributed by atoms with van der Waals surface area (Å²) in [6.45, 7) is 0. The molecule has 0 radical (unpaired) electrons. The minimum atomic E-state index is -0.973. The number of esters is 1. The molecule has 2 heterocycles. The normalized spacial score (nSPS) is 10.5. The Labute approximate surface area is 92.7 Å². The summed E-state index contributed by atoms with van der Waals surface area (Å²) in [4.78, 5) is 22.3. The predicted octanol–water partition coefficient (Wildman–Crippen LogP) is 2.45. The van der Waals surface area contributed by atoms with Crippen LogP contribution in [0.1, 0.15) is 20.0 Å². The number of fused-ring (bicyclic) bond motifs is 1. The van der Waals surface area contributed by atoms with Gasteiger partial charge < -0.3 is 9.84 Å². The van der Waals surface area contributed by atoms with Crippen LogP contribution in [0.3, 0.4) is 0 Å². The van der Waals surface area contributed by atoms with Crippen molar-refractivity contribution in [1.29, 1.82) is 0 Å². The zero-order valence-electron chi connectivity index (χ0n) is 7.64. The molecule has 0 amide bonds. The number of carboxylic acid groups (broad SMARTS) is 1. The molecule has 78 valence electrons. The maximum atomic E-state index is 11.3. The van der Waals surface area contributed by atoms with Crippen molar-refractivity contribution >= 4 is 44.0 Å². The van der Waals surface area contributed by atoms with Crippen LogP contribution in [0.15, 0.2) is 11.4 Å². The summed E-state index contributed by atoms with van der Waals surface area (Å²) in [5.74, 6) is -1.41. The Morgan fingerprint density at radius 1 is 1.47 bits per heavy atom. The molecule has 2 rings (SSSR count). The Hall–Kier alpha value is -1.40. The summed E-state index contributed by atoms with van der Waals surface area (Å²) >= 11 is 2.52. The first-order chi connectivity index (χ1) is 7.13. The van der Waals surface area contributed by atoms with Gasteiger partial charge in [0, 0.05) is 10.8 Å². The third-order valence-electron chi connectivity index (χ3n) is 1.89. The summed E-state index contributed by atoms with van der Waals surface area (Å²) in [6.07, 6.45) is 0. The van der Waals surface area contributed by atoms with Crippen LogP contribution in [0.4, 0.5) is 0 Å². The highest BCUT2D eigenvalue weighted by Crippen LogP contribution is 2.34. The van der Waals surface area contributed by atoms with Gasteiger partial charge in [0.25, 0.3) is 0 Å². The highest BCUT2D eigenvalue weighted by molar-refractivity contribution is 7.38. The molecule has 15 heavy (non-hydrogen) atoms. The van der Waals surface area contributed by atoms with Crippen molar-refractivity contribution < 1.29 is 19.4 Å². The molecule has 4 nitrogen and oxygen atoms in total. The van der Waals surface area contributed by atoms with Gasteiger partial charge in [0.2, 0.25) is 0 Å². The molecule has 0 atom stereocenters. The van der Waals surface area contributed by atoms with Gasteiger partial charge in [-0.25, -0.2) is 9.59 Å². The number of rotatable bonds is 2. The quantitative estimate of drug-likeness (QED) is 0.821. The average molecular weight is 242 g/mol. The van der Waals surface area contributed by atoms with Crippen LogP contribution < -0.4 is 0 Å². The van der Waals surface area contributed by atoms with E-state index >= 15 is 0 Å². The number of methoxy groups -OCH3 is 1. The van der Waals surface area contributed by atoms with Crippen LogP contribution >= 0.6 is 22.7 Å². The molecule has 0 saturated carbocycles. The van der Waals surface area contributed by atoms with Crippen LogP contribution in [0.2, 0.25) is 0 Å². The van der Waals surface area contributed by atoms with E-state index in [9.17, 15) is 9.59 Å². The largest absolute Gasteiger partial charge is 0.477 e. The predicted molar refractivity (Wildman–Crippen MR) is 58.0 cm³/mol. The molecule has 0 aliphatic rings. The minimum Gasteiger partial charge on any atom is -0.477 e. The monoisotopic (exact) mass is 242 g/mol. The molecule has 6 heteroatoms. The standard InChI is InChI=1S/C9H6O4S2/c1-13-8(12)5-3-14-9-4(5)2-6(15-9)7(10)11/h2-3H,1H3,(H,10,11). The van der Waals surface area contributed by atoms with E-state index in [1.807, 2.05) is 0 Å². The van der Waals surface area contributed by atoms with E-state index in [-0.39, 0.29) is 4.88 Å². The lowest BCUT2D eigenvalue weighted by Crippen LogP contribution is -1.99. The van der Waals surface area contributed by atoms with Crippen molar-refractivity contribution in [2.75, 3.05) is 7.11 Å². The Balaban J connectivity index is 2.58. The van der Waals surface area contributed by atoms with Crippen molar-refractivity contribution in [2.24, 2.45) is 0 Å². The second-order valence-corrected chi connectivity index (χ2v) is 4.95. The van der Waals surface area contributed by atoms with Crippen molar-refractivity contribution in [3.8, 4) is 0 Å². The molecule has 0 aliphatic carbocycles. The molecular formula is C9H6O4S2. The van der Waals surface area contributed by atoms with Crippen LogP contribution in [0.25, 0.3) is 9.40 Å². The Morgan fingerprint density at radius 3 is 2.80 bits per heavy atom. The molecular weight excluding hydrogens is 236 g/mol. The van der Waals surface area contributed by atoms with Gasteiger partial charge in [-0.2, -0.15) is 0 Å². The first-order valence-electron chi connectivity index (χ1n) is 3.96. The van der Waals surface area contributed by atoms with E-state index in [1.54, 1.807) is 5.38 Å². The van der Waals surface area contributed by atoms with Gasteiger partial charge in [0.05, 0.1) is 16.7 Å². The van der Waals surface area contributed by atoms with Crippen LogP contribution in [-0.4, -0.2) is 24.2 Å². The molecule has 2 aromatic heterocycles. The highest BCUT2D eigenvalue weighted by Gasteiger charge is 2.17. The zero-order valence-corrected chi connectivity index (χ0v) is 9.28. The summed E-state index contributed by atoms with van der Waals surface area (Å²) in [5.41, 5.74) is 0.432. The maximum absolute atomic E-state index is 11.3. The number of carboxylic acids is 1. The second-order valence-electron chi connectivity index (χ2n) is 2.76. The number of carbonyl (C=O) groups excluding carboxylic acids is 1. The smallest absolute Gasteiger partial charge is 0.345 e. The number of aromatic carboxylic acids is 1. The van der Waals surface area contributed by atoms with Gasteiger partial charge in [-0.1, -0.05) is 0 Å². The van der Waals surface area contributed by atoms with Crippen LogP contribution in [-0.2, 0) is 4.74 Å². The fourth-order valence-corrected chi connectivity index (χ4v) is 3.29. The zero-order chi connectivity index (χ0) is 11.0. The minimum absolute atomic E-state index is 0.238. The molecule has 0 saturated heterocycles. The molecule has 1 N–H and O–H groups in total. The van der Waals surface area contributed by atoms with E-state index in [1.165, 1.54) is 35.8 Å². The van der Waals surface area contributed by atoms with Crippen LogP contribution in [0.5, 0.6) is 0 Å². The van der Waals surface area contributed by atoms with Gasteiger partial charge in [-0.05, 0) is 6.07 Å². The summed E-state index contributed by atoms with van der Waals surface area (Å²) in [5, 5.41) is 11.1. The average Bonchev–Trinajstić information content (AvgIpc) is 2.74. The van der Waals surface area contributed by atoms with Gasteiger partial charge in [-0.15, -0.1) is 22.7 Å². The number of hydrogen-bond acceptors (Lipinski definition) is 5. The molecule has 0 spiro atoms. The third kappa shape index (κ3) is 1.62. The number of ether oxygens (including phenoxy) is 1. The lowest BCUT2D eigenvalue weighted by atomic mass is 10.2. The summed E-state index contributed by atoms with van der Waals surface area (Å²) < 4.78 is 5.42. The number of thiophene rings is 2. The van der Waals surface area contributed by atoms with Crippen molar-refractivity contribution in [3.05, 3.63) is 21.9 Å². The SMILES string of the molecule is COC(=O)c1csc2sc(C(=O)O)cc12. The van der Waals surface area contributed by atoms with Gasteiger partial charge in [-0.3, -0.25) is 0 Å². The van der Waals surface area contributed by atoms with Crippen molar-refractivity contribution in [1.82, 2.24) is 0 Å². The van der Waals surface area contributed by atoms with Crippen LogP contribution in [0, 0.1) is 0 Å². The lowest BCUT2D eigenvalue weighted by Gasteiger charge is -1.93. The Kier molecular flexibility index (Phi) is 2.45. The molecule has 0 bridgehead atoms. The number of hydrogen-bond donors (Lipinski definition) is 1. The van der Waals surface area contributed by atoms with Crippen molar-refractivity contribution in [2.45, 2.75) is 0 Å². The van der Waals surface area contributed by atoms with E-state index < -0.39 is 11.9 Å². The van der Waals surface area contributed by atoms with Gasteiger partial charge in [0.15, 0.2) is 0 Å². The third-order valence-corrected chi connectivity index (χ3v) is 4.13. The first kappa shape index (κ1) is 10.1. The van der Waals surface area contributed by atoms with Gasteiger partial charge in [0.1, 0.15) is 4.88 Å². The summed E-state index contributed by atoms with van der Waals surface area (Å²) in [7, 11) is 1.30. The topological polar surface area (TPSA) is 63.6 Å². The molecule has 0 unspecified atom stereocenters. The van der Waals surface area contributed by atoms with E-state index in [0.717, 1.165) is 4.01 Å². The Morgan fingerprint density at radius 2 is 2.20 bits per heavy atom. The highest BCUT2D eigenvalue weighted by atomic mass is 32.2. The van der Waals surface area contributed by atoms with Crippen molar-refractivity contribution in [3.63, 3.8) is 0 Å². The fourth-order valence-electron chi connectivity index (χ4n) is 1.20. The maximum Gasteiger partial charge on any atom is 0.345 e.